The number of aromatic nitrogens is 2. The van der Waals surface area contributed by atoms with Crippen molar-refractivity contribution in [3.05, 3.63) is 77.0 Å². The quantitative estimate of drug-likeness (QED) is 0.336. The molecule has 3 aromatic rings. The normalized spacial score (nSPS) is 15.0. The zero-order valence-electron chi connectivity index (χ0n) is 24.2. The summed E-state index contributed by atoms with van der Waals surface area (Å²) in [5.41, 5.74) is 8.34. The van der Waals surface area contributed by atoms with Crippen molar-refractivity contribution in [2.45, 2.75) is 93.9 Å². The summed E-state index contributed by atoms with van der Waals surface area (Å²) in [6.45, 7) is 19.9. The fourth-order valence-electron chi connectivity index (χ4n) is 4.24. The molecule has 196 valence electrons. The van der Waals surface area contributed by atoms with Crippen LogP contribution in [-0.4, -0.2) is 23.1 Å². The third-order valence-electron chi connectivity index (χ3n) is 7.19. The van der Waals surface area contributed by atoms with E-state index in [9.17, 15) is 0 Å². The topological polar surface area (TPSA) is 29.0 Å². The summed E-state index contributed by atoms with van der Waals surface area (Å²) in [4.78, 5) is 11.6. The lowest BCUT2D eigenvalue weighted by atomic mass is 9.83. The first-order chi connectivity index (χ1) is 17.2. The predicted molar refractivity (Wildman–Crippen MR) is 159 cm³/mol. The van der Waals surface area contributed by atoms with Gasteiger partial charge in [-0.3, -0.25) is 4.98 Å². The van der Waals surface area contributed by atoms with Gasteiger partial charge in [0.15, 0.2) is 0 Å². The molecular weight excluding hydrogens is 438 g/mol. The van der Waals surface area contributed by atoms with Crippen LogP contribution in [0.4, 0.5) is 5.82 Å². The maximum absolute atomic E-state index is 4.71. The van der Waals surface area contributed by atoms with Crippen molar-refractivity contribution in [3.63, 3.8) is 0 Å². The van der Waals surface area contributed by atoms with Crippen molar-refractivity contribution in [3.8, 4) is 0 Å². The molecule has 36 heavy (non-hydrogen) atoms. The number of nitrogens with zero attached hydrogens (tertiary/aromatic N) is 3. The number of allylic oxidation sites excluding steroid dienone is 2. The number of rotatable bonds is 5. The average Bonchev–Trinajstić information content (AvgIpc) is 2.89. The Kier molecular flexibility index (Phi) is 12.1. The smallest absolute Gasteiger partial charge is 0.147 e. The molecule has 0 radical (unpaired) electrons. The van der Waals surface area contributed by atoms with Gasteiger partial charge >= 0.3 is 0 Å². The lowest BCUT2D eigenvalue weighted by Crippen LogP contribution is -2.37. The van der Waals surface area contributed by atoms with Gasteiger partial charge in [-0.05, 0) is 81.5 Å². The highest BCUT2D eigenvalue weighted by Gasteiger charge is 2.26. The van der Waals surface area contributed by atoms with Crippen LogP contribution in [0.1, 0.15) is 90.8 Å². The van der Waals surface area contributed by atoms with Crippen LogP contribution >= 0.6 is 0 Å². The van der Waals surface area contributed by atoms with Crippen molar-refractivity contribution in [1.82, 2.24) is 9.97 Å². The number of hydrogen-bond acceptors (Lipinski definition) is 3. The van der Waals surface area contributed by atoms with Gasteiger partial charge in [-0.2, -0.15) is 0 Å². The minimum atomic E-state index is 0.473. The largest absolute Gasteiger partial charge is 0.355 e. The van der Waals surface area contributed by atoms with Crippen molar-refractivity contribution in [2.75, 3.05) is 18.0 Å². The van der Waals surface area contributed by atoms with E-state index in [0.29, 0.717) is 5.41 Å². The Morgan fingerprint density at radius 2 is 1.64 bits per heavy atom. The van der Waals surface area contributed by atoms with E-state index in [0.717, 1.165) is 36.4 Å². The highest BCUT2D eigenvalue weighted by molar-refractivity contribution is 5.75. The number of hydrogen-bond donors (Lipinski definition) is 0. The Labute approximate surface area is 221 Å². The van der Waals surface area contributed by atoms with E-state index >= 15 is 0 Å². The van der Waals surface area contributed by atoms with E-state index in [1.165, 1.54) is 54.4 Å². The van der Waals surface area contributed by atoms with Crippen molar-refractivity contribution in [2.24, 2.45) is 5.41 Å². The maximum Gasteiger partial charge on any atom is 0.147 e. The molecule has 1 fully saturated rings. The molecule has 3 heteroatoms. The molecule has 2 heterocycles. The first-order valence-electron chi connectivity index (χ1n) is 13.9. The lowest BCUT2D eigenvalue weighted by molar-refractivity contribution is 0.279. The van der Waals surface area contributed by atoms with Gasteiger partial charge in [0.05, 0.1) is 17.2 Å². The van der Waals surface area contributed by atoms with E-state index in [1.807, 2.05) is 30.5 Å². The Morgan fingerprint density at radius 3 is 2.19 bits per heavy atom. The molecular formula is C33H49N3. The van der Waals surface area contributed by atoms with E-state index in [2.05, 4.69) is 89.5 Å². The van der Waals surface area contributed by atoms with Gasteiger partial charge in [0.25, 0.3) is 0 Å². The number of fused-ring (bicyclic) bond motifs is 1. The molecule has 1 aliphatic heterocycles. The molecule has 1 saturated heterocycles. The molecule has 0 N–H and O–H groups in total. The molecule has 2 aromatic carbocycles. The third-order valence-corrected chi connectivity index (χ3v) is 7.19. The first-order valence-corrected chi connectivity index (χ1v) is 13.9. The minimum Gasteiger partial charge on any atom is -0.355 e. The van der Waals surface area contributed by atoms with Crippen LogP contribution in [0, 0.1) is 12.3 Å². The van der Waals surface area contributed by atoms with Crippen LogP contribution in [-0.2, 0) is 12.8 Å². The van der Waals surface area contributed by atoms with Crippen LogP contribution in [0.25, 0.3) is 11.0 Å². The Bertz CT molecular complexity index is 1090. The van der Waals surface area contributed by atoms with E-state index < -0.39 is 0 Å². The fraction of sp³-hybridized carbons (Fsp3) is 0.515. The van der Waals surface area contributed by atoms with E-state index in [4.69, 9.17) is 4.98 Å². The summed E-state index contributed by atoms with van der Waals surface area (Å²) in [6.07, 6.45) is 11.3. The molecule has 0 unspecified atom stereocenters. The van der Waals surface area contributed by atoms with Gasteiger partial charge in [-0.25, -0.2) is 4.98 Å². The standard InChI is InChI=1S/C15H19N3.C12H18.C6H12/c1-15(2)7-9-18(10-8-15)14-11-16-12-5-3-4-6-13(12)17-14;1-4-6-12-8-7-10(3)9-11(12)5-2;1-4-6(3)5-2/h3-6,11H,7-10H2,1-2H3;7-9H,4-6H2,1-3H3;4H,5H2,1-3H3/b;;6-4-. The van der Waals surface area contributed by atoms with Gasteiger partial charge in [0.2, 0.25) is 0 Å². The van der Waals surface area contributed by atoms with Crippen LogP contribution in [0.3, 0.4) is 0 Å². The highest BCUT2D eigenvalue weighted by atomic mass is 15.2. The summed E-state index contributed by atoms with van der Waals surface area (Å²) >= 11 is 0. The summed E-state index contributed by atoms with van der Waals surface area (Å²) < 4.78 is 0. The van der Waals surface area contributed by atoms with Gasteiger partial charge in [0.1, 0.15) is 5.82 Å². The molecule has 0 spiro atoms. The van der Waals surface area contributed by atoms with Crippen LogP contribution in [0.15, 0.2) is 60.3 Å². The van der Waals surface area contributed by atoms with Gasteiger partial charge in [0, 0.05) is 13.1 Å². The number of aryl methyl sites for hydroxylation is 3. The monoisotopic (exact) mass is 487 g/mol. The van der Waals surface area contributed by atoms with Crippen molar-refractivity contribution < 1.29 is 0 Å². The number of para-hydroxylation sites is 2. The number of benzene rings is 2. The molecule has 1 aliphatic rings. The minimum absolute atomic E-state index is 0.473. The van der Waals surface area contributed by atoms with Crippen LogP contribution in [0.2, 0.25) is 0 Å². The second kappa shape index (κ2) is 14.8. The second-order valence-corrected chi connectivity index (χ2v) is 10.7. The van der Waals surface area contributed by atoms with Gasteiger partial charge < -0.3 is 4.90 Å². The van der Waals surface area contributed by atoms with Gasteiger partial charge in [-0.15, -0.1) is 0 Å². The number of anilines is 1. The summed E-state index contributed by atoms with van der Waals surface area (Å²) in [7, 11) is 0. The molecule has 4 rings (SSSR count). The van der Waals surface area contributed by atoms with Gasteiger partial charge in [-0.1, -0.05) is 88.6 Å². The average molecular weight is 488 g/mol. The third kappa shape index (κ3) is 9.41. The molecule has 0 saturated carbocycles. The second-order valence-electron chi connectivity index (χ2n) is 10.7. The number of piperidine rings is 1. The van der Waals surface area contributed by atoms with E-state index in [-0.39, 0.29) is 0 Å². The highest BCUT2D eigenvalue weighted by Crippen LogP contribution is 2.31. The fourth-order valence-corrected chi connectivity index (χ4v) is 4.24. The summed E-state index contributed by atoms with van der Waals surface area (Å²) in [5.74, 6) is 1.02. The Hall–Kier alpha value is -2.68. The summed E-state index contributed by atoms with van der Waals surface area (Å²) in [6, 6.07) is 14.8. The van der Waals surface area contributed by atoms with Crippen LogP contribution < -0.4 is 4.90 Å². The van der Waals surface area contributed by atoms with E-state index in [1.54, 1.807) is 0 Å². The zero-order chi connectivity index (χ0) is 26.6. The summed E-state index contributed by atoms with van der Waals surface area (Å²) in [5, 5.41) is 0. The van der Waals surface area contributed by atoms with Crippen LogP contribution in [0.5, 0.6) is 0 Å². The van der Waals surface area contributed by atoms with Crippen molar-refractivity contribution >= 4 is 16.9 Å². The SMILES string of the molecule is C/C=C(/C)CC.CC1(C)CCN(c2cnc3ccccc3n2)CC1.CCCc1ccc(C)cc1CC. The lowest BCUT2D eigenvalue weighted by Gasteiger charge is -2.37. The molecule has 0 amide bonds. The van der Waals surface area contributed by atoms with Crippen molar-refractivity contribution in [1.29, 1.82) is 0 Å². The Morgan fingerprint density at radius 1 is 0.972 bits per heavy atom. The Balaban J connectivity index is 0.000000219. The molecule has 1 aromatic heterocycles. The zero-order valence-corrected chi connectivity index (χ0v) is 24.2. The molecule has 0 atom stereocenters. The molecule has 3 nitrogen and oxygen atoms in total. The molecule has 0 bridgehead atoms. The first kappa shape index (κ1) is 29.5. The maximum atomic E-state index is 4.71. The molecule has 0 aliphatic carbocycles. The predicted octanol–water partition coefficient (Wildman–Crippen LogP) is 9.13.